The summed E-state index contributed by atoms with van der Waals surface area (Å²) in [6.45, 7) is 0. The van der Waals surface area contributed by atoms with E-state index in [9.17, 15) is 0 Å². The van der Waals surface area contributed by atoms with Crippen molar-refractivity contribution in [1.82, 2.24) is 0 Å². The molecule has 10 rings (SSSR count). The fourth-order valence-corrected chi connectivity index (χ4v) is 7.87. The average Bonchev–Trinajstić information content (AvgIpc) is 3.26. The maximum absolute atomic E-state index is 7.18. The Bertz CT molecular complexity index is 2630. The number of nitrogens with zero attached hydrogens (tertiary/aromatic N) is 2. The molecule has 0 saturated carbocycles. The van der Waals surface area contributed by atoms with Crippen LogP contribution in [0.4, 0.5) is 34.1 Å². The van der Waals surface area contributed by atoms with Crippen LogP contribution in [0.2, 0.25) is 0 Å². The highest BCUT2D eigenvalue weighted by atomic mass is 16.5. The summed E-state index contributed by atoms with van der Waals surface area (Å²) in [6.07, 6.45) is 0. The van der Waals surface area contributed by atoms with E-state index >= 15 is 0 Å². The smallest absolute Gasteiger partial charge is 0.159 e. The van der Waals surface area contributed by atoms with Gasteiger partial charge in [-0.2, -0.15) is 0 Å². The van der Waals surface area contributed by atoms with E-state index in [1.165, 1.54) is 22.3 Å². The van der Waals surface area contributed by atoms with E-state index in [1.807, 2.05) is 0 Å². The Hall–Kier alpha value is -7.36. The fraction of sp³-hybridized carbons (Fsp3) is 0. The summed E-state index contributed by atoms with van der Waals surface area (Å²) in [4.78, 5) is 4.65. The Morgan fingerprint density at radius 3 is 1.31 bits per heavy atom. The minimum absolute atomic E-state index is 0.820. The van der Waals surface area contributed by atoms with E-state index in [4.69, 9.17) is 4.74 Å². The van der Waals surface area contributed by atoms with Crippen LogP contribution in [0, 0.1) is 0 Å². The van der Waals surface area contributed by atoms with E-state index in [-0.39, 0.29) is 0 Å². The zero-order valence-electron chi connectivity index (χ0n) is 30.1. The van der Waals surface area contributed by atoms with Gasteiger partial charge in [0, 0.05) is 33.7 Å². The minimum Gasteiger partial charge on any atom is -0.454 e. The first-order valence-corrected chi connectivity index (χ1v) is 18.7. The van der Waals surface area contributed by atoms with E-state index in [1.54, 1.807) is 0 Å². The molecular formula is C52H36N2O. The first-order valence-electron chi connectivity index (χ1n) is 18.7. The molecule has 0 bridgehead atoms. The maximum atomic E-state index is 7.18. The lowest BCUT2D eigenvalue weighted by Crippen LogP contribution is -2.14. The summed E-state index contributed by atoms with van der Waals surface area (Å²) < 4.78 is 7.18. The van der Waals surface area contributed by atoms with Crippen LogP contribution in [-0.4, -0.2) is 0 Å². The highest BCUT2D eigenvalue weighted by molar-refractivity contribution is 6.11. The number of fused-ring (bicyclic) bond motifs is 2. The van der Waals surface area contributed by atoms with Gasteiger partial charge in [-0.25, -0.2) is 0 Å². The number of hydrogen-bond acceptors (Lipinski definition) is 3. The third-order valence-corrected chi connectivity index (χ3v) is 10.4. The molecule has 9 aromatic carbocycles. The molecule has 0 spiro atoms. The van der Waals surface area contributed by atoms with E-state index in [0.717, 1.165) is 67.5 Å². The molecule has 1 heterocycles. The summed E-state index contributed by atoms with van der Waals surface area (Å²) in [5.74, 6) is 1.66. The standard InChI is InChI=1S/C52H36N2O/c1-5-15-37(16-6-1)39-27-32-44(33-28-39)54(45-34-29-40(30-35-45)38-17-7-2-8-18-38)48-36-31-41-19-13-24-46-50(41)52(48)55-49-26-14-25-47(51(46)49)53(42-20-9-3-10-21-42)43-22-11-4-12-23-43/h1-36H. The van der Waals surface area contributed by atoms with Crippen molar-refractivity contribution in [3.05, 3.63) is 218 Å². The van der Waals surface area contributed by atoms with Crippen molar-refractivity contribution in [1.29, 1.82) is 0 Å². The lowest BCUT2D eigenvalue weighted by Gasteiger charge is -2.33. The first kappa shape index (κ1) is 32.3. The van der Waals surface area contributed by atoms with Crippen LogP contribution in [0.1, 0.15) is 0 Å². The van der Waals surface area contributed by atoms with Gasteiger partial charge in [0.15, 0.2) is 5.75 Å². The largest absolute Gasteiger partial charge is 0.454 e. The molecule has 0 N–H and O–H groups in total. The van der Waals surface area contributed by atoms with Crippen LogP contribution >= 0.6 is 0 Å². The molecule has 0 fully saturated rings. The zero-order chi connectivity index (χ0) is 36.6. The molecule has 1 aliphatic heterocycles. The summed E-state index contributed by atoms with van der Waals surface area (Å²) in [7, 11) is 0. The van der Waals surface area contributed by atoms with Crippen molar-refractivity contribution in [2.24, 2.45) is 0 Å². The molecule has 1 aliphatic rings. The van der Waals surface area contributed by atoms with Gasteiger partial charge in [-0.05, 0) is 99.9 Å². The van der Waals surface area contributed by atoms with E-state index < -0.39 is 0 Å². The second-order valence-corrected chi connectivity index (χ2v) is 13.7. The summed E-state index contributed by atoms with van der Waals surface area (Å²) in [5, 5.41) is 2.22. The van der Waals surface area contributed by atoms with Gasteiger partial charge in [-0.15, -0.1) is 0 Å². The number of ether oxygens (including phenoxy) is 1. The van der Waals surface area contributed by atoms with E-state index in [0.29, 0.717) is 0 Å². The van der Waals surface area contributed by atoms with Crippen LogP contribution in [0.15, 0.2) is 218 Å². The Kier molecular flexibility index (Phi) is 8.16. The highest BCUT2D eigenvalue weighted by Crippen LogP contribution is 2.56. The second kappa shape index (κ2) is 13.9. The van der Waals surface area contributed by atoms with Crippen molar-refractivity contribution in [3.8, 4) is 44.9 Å². The fourth-order valence-electron chi connectivity index (χ4n) is 7.87. The number of benzene rings is 9. The normalized spacial score (nSPS) is 11.4. The number of anilines is 6. The molecule has 55 heavy (non-hydrogen) atoms. The Balaban J connectivity index is 1.16. The SMILES string of the molecule is c1ccc(-c2ccc(N(c3ccc(-c4ccccc4)cc3)c3ccc4cccc5c4c3Oc3cccc(N(c4ccccc4)c4ccccc4)c3-5)cc2)cc1. The Morgan fingerprint density at radius 2 is 0.764 bits per heavy atom. The van der Waals surface area contributed by atoms with Crippen LogP contribution in [0.25, 0.3) is 44.2 Å². The zero-order valence-corrected chi connectivity index (χ0v) is 30.1. The third kappa shape index (κ3) is 5.89. The Morgan fingerprint density at radius 1 is 0.309 bits per heavy atom. The van der Waals surface area contributed by atoms with Gasteiger partial charge in [0.1, 0.15) is 5.75 Å². The molecule has 3 heteroatoms. The van der Waals surface area contributed by atoms with Crippen LogP contribution < -0.4 is 14.5 Å². The molecule has 0 atom stereocenters. The van der Waals surface area contributed by atoms with Crippen LogP contribution in [0.5, 0.6) is 11.5 Å². The summed E-state index contributed by atoms with van der Waals surface area (Å²) >= 11 is 0. The molecule has 260 valence electrons. The quantitative estimate of drug-likeness (QED) is 0.157. The van der Waals surface area contributed by atoms with Crippen molar-refractivity contribution < 1.29 is 4.74 Å². The lowest BCUT2D eigenvalue weighted by molar-refractivity contribution is 0.488. The number of rotatable bonds is 8. The Labute approximate surface area is 321 Å². The van der Waals surface area contributed by atoms with Gasteiger partial charge in [0.2, 0.25) is 0 Å². The molecule has 0 amide bonds. The monoisotopic (exact) mass is 704 g/mol. The molecule has 0 aromatic heterocycles. The molecule has 9 aromatic rings. The van der Waals surface area contributed by atoms with Gasteiger partial charge in [-0.3, -0.25) is 0 Å². The summed E-state index contributed by atoms with van der Waals surface area (Å²) in [5.41, 5.74) is 13.2. The van der Waals surface area contributed by atoms with Gasteiger partial charge in [0.05, 0.1) is 11.4 Å². The predicted octanol–water partition coefficient (Wildman–Crippen LogP) is 14.9. The van der Waals surface area contributed by atoms with Crippen molar-refractivity contribution in [2.45, 2.75) is 0 Å². The third-order valence-electron chi connectivity index (χ3n) is 10.4. The molecular weight excluding hydrogens is 669 g/mol. The molecule has 0 saturated heterocycles. The van der Waals surface area contributed by atoms with Crippen molar-refractivity contribution >= 4 is 44.9 Å². The average molecular weight is 705 g/mol. The van der Waals surface area contributed by atoms with Gasteiger partial charge in [0.25, 0.3) is 0 Å². The second-order valence-electron chi connectivity index (χ2n) is 13.7. The number of para-hydroxylation sites is 2. The molecule has 3 nitrogen and oxygen atoms in total. The maximum Gasteiger partial charge on any atom is 0.159 e. The van der Waals surface area contributed by atoms with Gasteiger partial charge >= 0.3 is 0 Å². The highest BCUT2D eigenvalue weighted by Gasteiger charge is 2.30. The molecule has 0 unspecified atom stereocenters. The minimum atomic E-state index is 0.820. The topological polar surface area (TPSA) is 15.7 Å². The summed E-state index contributed by atoms with van der Waals surface area (Å²) in [6, 6.07) is 77.3. The van der Waals surface area contributed by atoms with E-state index in [2.05, 4.69) is 228 Å². The molecule has 0 aliphatic carbocycles. The van der Waals surface area contributed by atoms with Crippen molar-refractivity contribution in [2.75, 3.05) is 9.80 Å². The van der Waals surface area contributed by atoms with Crippen LogP contribution in [-0.2, 0) is 0 Å². The lowest BCUT2D eigenvalue weighted by atomic mass is 9.92. The first-order chi connectivity index (χ1) is 27.3. The van der Waals surface area contributed by atoms with Crippen molar-refractivity contribution in [3.63, 3.8) is 0 Å². The van der Waals surface area contributed by atoms with Gasteiger partial charge < -0.3 is 14.5 Å². The predicted molar refractivity (Wildman–Crippen MR) is 230 cm³/mol. The van der Waals surface area contributed by atoms with Gasteiger partial charge in [-0.1, -0.05) is 152 Å². The molecule has 0 radical (unpaired) electrons. The van der Waals surface area contributed by atoms with Crippen LogP contribution in [0.3, 0.4) is 0 Å². The number of hydrogen-bond donors (Lipinski definition) is 0.